The molecule has 4 aromatic rings. The highest BCUT2D eigenvalue weighted by Crippen LogP contribution is 2.32. The molecule has 0 unspecified atom stereocenters. The third-order valence-electron chi connectivity index (χ3n) is 8.02. The van der Waals surface area contributed by atoms with Crippen LogP contribution in [0.5, 0.6) is 23.0 Å². The lowest BCUT2D eigenvalue weighted by atomic mass is 10.3. The van der Waals surface area contributed by atoms with Gasteiger partial charge in [0.05, 0.1) is 28.4 Å². The van der Waals surface area contributed by atoms with E-state index in [1.54, 1.807) is 28.4 Å². The maximum absolute atomic E-state index is 7.40. The van der Waals surface area contributed by atoms with E-state index in [-0.39, 0.29) is 0 Å². The average molecular weight is 665 g/mol. The SMILES string of the molecule is COc1ccc([Si]2(C)O[Si](C)(c3ccc(OC)cc3)O[Si](C)(c3ccc(OC)cc3)O[Si](C)(c3ccc(OC)cc3)O2)cc1. The third kappa shape index (κ3) is 6.43. The lowest BCUT2D eigenvalue weighted by molar-refractivity contribution is 0.253. The molecule has 0 bridgehead atoms. The van der Waals surface area contributed by atoms with Gasteiger partial charge in [0.2, 0.25) is 0 Å². The molecule has 0 amide bonds. The minimum atomic E-state index is -3.23. The predicted molar refractivity (Wildman–Crippen MR) is 181 cm³/mol. The maximum Gasteiger partial charge on any atom is 0.352 e. The monoisotopic (exact) mass is 664 g/mol. The van der Waals surface area contributed by atoms with E-state index in [9.17, 15) is 0 Å². The van der Waals surface area contributed by atoms with E-state index in [0.717, 1.165) is 43.7 Å². The smallest absolute Gasteiger partial charge is 0.352 e. The van der Waals surface area contributed by atoms with Crippen molar-refractivity contribution >= 4 is 55.0 Å². The van der Waals surface area contributed by atoms with Crippen molar-refractivity contribution in [2.75, 3.05) is 28.4 Å². The van der Waals surface area contributed by atoms with Crippen LogP contribution >= 0.6 is 0 Å². The first-order valence-corrected chi connectivity index (χ1v) is 23.6. The lowest BCUT2D eigenvalue weighted by Crippen LogP contribution is -2.77. The summed E-state index contributed by atoms with van der Waals surface area (Å²) >= 11 is 0. The molecule has 0 aromatic heterocycles. The van der Waals surface area contributed by atoms with Crippen LogP contribution in [0.3, 0.4) is 0 Å². The molecule has 44 heavy (non-hydrogen) atoms. The topological polar surface area (TPSA) is 73.8 Å². The summed E-state index contributed by atoms with van der Waals surface area (Å²) in [7, 11) is -6.30. The van der Waals surface area contributed by atoms with Gasteiger partial charge in [-0.25, -0.2) is 0 Å². The summed E-state index contributed by atoms with van der Waals surface area (Å²) in [6.07, 6.45) is 0. The molecule has 1 heterocycles. The Morgan fingerprint density at radius 3 is 0.614 bits per heavy atom. The zero-order chi connectivity index (χ0) is 31.6. The van der Waals surface area contributed by atoms with E-state index in [1.807, 2.05) is 97.1 Å². The highest BCUT2D eigenvalue weighted by Gasteiger charge is 2.59. The van der Waals surface area contributed by atoms with E-state index in [2.05, 4.69) is 26.2 Å². The molecule has 232 valence electrons. The number of hydrogen-bond acceptors (Lipinski definition) is 8. The Balaban J connectivity index is 1.71. The molecule has 1 aliphatic rings. The number of rotatable bonds is 8. The van der Waals surface area contributed by atoms with Crippen LogP contribution in [-0.2, 0) is 16.5 Å². The van der Waals surface area contributed by atoms with Crippen molar-refractivity contribution in [1.82, 2.24) is 0 Å². The van der Waals surface area contributed by atoms with Gasteiger partial charge in [-0.1, -0.05) is 48.5 Å². The molecule has 1 saturated heterocycles. The second-order valence-corrected chi connectivity index (χ2v) is 24.2. The van der Waals surface area contributed by atoms with Crippen molar-refractivity contribution < 1.29 is 35.4 Å². The van der Waals surface area contributed by atoms with E-state index in [0.29, 0.717) is 0 Å². The molecule has 4 aromatic carbocycles. The summed E-state index contributed by atoms with van der Waals surface area (Å²) in [6.45, 7) is 8.34. The second kappa shape index (κ2) is 12.7. The van der Waals surface area contributed by atoms with E-state index in [4.69, 9.17) is 35.4 Å². The van der Waals surface area contributed by atoms with Gasteiger partial charge in [-0.3, -0.25) is 0 Å². The van der Waals surface area contributed by atoms with Crippen molar-refractivity contribution in [3.8, 4) is 23.0 Å². The maximum atomic E-state index is 7.40. The molecule has 5 rings (SSSR count). The molecule has 0 N–H and O–H groups in total. The Morgan fingerprint density at radius 1 is 0.318 bits per heavy atom. The highest BCUT2D eigenvalue weighted by molar-refractivity contribution is 7.05. The second-order valence-electron chi connectivity index (χ2n) is 11.1. The molecular weight excluding hydrogens is 625 g/mol. The molecule has 0 aliphatic carbocycles. The minimum absolute atomic E-state index is 0.759. The quantitative estimate of drug-likeness (QED) is 0.262. The Labute approximate surface area is 264 Å². The summed E-state index contributed by atoms with van der Waals surface area (Å²) in [5.41, 5.74) is 0. The molecule has 8 nitrogen and oxygen atoms in total. The van der Waals surface area contributed by atoms with Crippen molar-refractivity contribution in [2.24, 2.45) is 0 Å². The summed E-state index contributed by atoms with van der Waals surface area (Å²) in [5, 5.41) is 3.83. The van der Waals surface area contributed by atoms with E-state index in [1.165, 1.54) is 0 Å². The predicted octanol–water partition coefficient (Wildman–Crippen LogP) is 4.02. The molecule has 0 radical (unpaired) electrons. The zero-order valence-electron chi connectivity index (χ0n) is 26.5. The number of ether oxygens (including phenoxy) is 4. The van der Waals surface area contributed by atoms with Crippen LogP contribution in [0, 0.1) is 0 Å². The summed E-state index contributed by atoms with van der Waals surface area (Å²) in [6, 6.07) is 31.7. The summed E-state index contributed by atoms with van der Waals surface area (Å²) in [4.78, 5) is 0. The van der Waals surface area contributed by atoms with Gasteiger partial charge < -0.3 is 35.4 Å². The van der Waals surface area contributed by atoms with E-state index < -0.39 is 34.2 Å². The Kier molecular flexibility index (Phi) is 9.25. The van der Waals surface area contributed by atoms with Gasteiger partial charge in [-0.05, 0) is 95.5 Å². The van der Waals surface area contributed by atoms with Crippen LogP contribution in [-0.4, -0.2) is 62.7 Å². The van der Waals surface area contributed by atoms with Crippen molar-refractivity contribution in [1.29, 1.82) is 0 Å². The van der Waals surface area contributed by atoms with Gasteiger partial charge in [0.15, 0.2) is 0 Å². The third-order valence-corrected chi connectivity index (χ3v) is 26.0. The molecule has 0 atom stereocenters. The van der Waals surface area contributed by atoms with Crippen LogP contribution in [0.1, 0.15) is 0 Å². The first kappa shape index (κ1) is 32.2. The molecular formula is C32H40O8Si4. The number of hydrogen-bond donors (Lipinski definition) is 0. The minimum Gasteiger partial charge on any atom is -0.497 e. The molecule has 0 saturated carbocycles. The van der Waals surface area contributed by atoms with Gasteiger partial charge in [-0.15, -0.1) is 0 Å². The fourth-order valence-corrected chi connectivity index (χ4v) is 26.5. The first-order valence-electron chi connectivity index (χ1n) is 14.4. The van der Waals surface area contributed by atoms with Crippen molar-refractivity contribution in [3.63, 3.8) is 0 Å². The zero-order valence-corrected chi connectivity index (χ0v) is 30.5. The van der Waals surface area contributed by atoms with E-state index >= 15 is 0 Å². The van der Waals surface area contributed by atoms with Crippen LogP contribution in [0.4, 0.5) is 0 Å². The van der Waals surface area contributed by atoms with Crippen LogP contribution < -0.4 is 39.7 Å². The van der Waals surface area contributed by atoms with Crippen molar-refractivity contribution in [3.05, 3.63) is 97.1 Å². The van der Waals surface area contributed by atoms with Gasteiger partial charge in [0, 0.05) is 0 Å². The van der Waals surface area contributed by atoms with Gasteiger partial charge in [0.25, 0.3) is 0 Å². The lowest BCUT2D eigenvalue weighted by Gasteiger charge is -2.50. The standard InChI is InChI=1S/C32H40O8Si4/c1-33-25-9-17-29(18-10-25)41(5)37-42(6,30-19-11-26(34-2)12-20-30)39-44(8,32-23-15-28(36-4)16-24-32)40-43(7,38-41)31-21-13-27(35-3)14-22-31/h9-24H,1-8H3. The Hall–Kier alpha value is -3.21. The summed E-state index contributed by atoms with van der Waals surface area (Å²) in [5.74, 6) is 3.04. The average Bonchev–Trinajstić information content (AvgIpc) is 3.04. The van der Waals surface area contributed by atoms with Gasteiger partial charge >= 0.3 is 34.2 Å². The molecule has 1 aliphatic heterocycles. The highest BCUT2D eigenvalue weighted by atomic mass is 28.5. The molecule has 12 heteroatoms. The fourth-order valence-electron chi connectivity index (χ4n) is 5.62. The van der Waals surface area contributed by atoms with Crippen LogP contribution in [0.25, 0.3) is 0 Å². The van der Waals surface area contributed by atoms with Crippen LogP contribution in [0.15, 0.2) is 97.1 Å². The fraction of sp³-hybridized carbons (Fsp3) is 0.250. The Bertz CT molecular complexity index is 1300. The summed E-state index contributed by atoms with van der Waals surface area (Å²) < 4.78 is 51.5. The van der Waals surface area contributed by atoms with Gasteiger partial charge in [-0.2, -0.15) is 0 Å². The largest absolute Gasteiger partial charge is 0.497 e. The number of methoxy groups -OCH3 is 4. The first-order chi connectivity index (χ1) is 21.0. The normalized spacial score (nSPS) is 27.1. The van der Waals surface area contributed by atoms with Crippen molar-refractivity contribution in [2.45, 2.75) is 26.2 Å². The Morgan fingerprint density at radius 2 is 0.477 bits per heavy atom. The molecule has 0 spiro atoms. The van der Waals surface area contributed by atoms with Gasteiger partial charge in [0.1, 0.15) is 23.0 Å². The number of benzene rings is 4. The molecule has 1 fully saturated rings. The van der Waals surface area contributed by atoms with Crippen LogP contribution in [0.2, 0.25) is 26.2 Å².